The van der Waals surface area contributed by atoms with Crippen molar-refractivity contribution in [2.24, 2.45) is 0 Å². The van der Waals surface area contributed by atoms with Gasteiger partial charge in [0.15, 0.2) is 5.76 Å². The number of aliphatic hydroxyl groups excluding tert-OH is 1. The molecule has 29 heavy (non-hydrogen) atoms. The summed E-state index contributed by atoms with van der Waals surface area (Å²) < 4.78 is 40.1. The van der Waals surface area contributed by atoms with Gasteiger partial charge in [-0.25, -0.2) is 12.8 Å². The molecule has 146 valence electrons. The van der Waals surface area contributed by atoms with Crippen molar-refractivity contribution in [2.45, 2.75) is 10.9 Å². The Morgan fingerprint density at radius 3 is 1.97 bits per heavy atom. The number of benzene rings is 3. The summed E-state index contributed by atoms with van der Waals surface area (Å²) in [5, 5.41) is 10.6. The third-order valence-electron chi connectivity index (χ3n) is 4.72. The largest absolute Gasteiger partial charge is 0.502 e. The molecule has 3 aromatic rings. The van der Waals surface area contributed by atoms with Crippen LogP contribution in [0.1, 0.15) is 11.6 Å². The first-order valence-electron chi connectivity index (χ1n) is 8.78. The highest BCUT2D eigenvalue weighted by Crippen LogP contribution is 2.44. The van der Waals surface area contributed by atoms with Crippen LogP contribution < -0.4 is 4.90 Å². The normalized spacial score (nSPS) is 17.1. The Morgan fingerprint density at radius 2 is 1.38 bits per heavy atom. The first-order chi connectivity index (χ1) is 13.9. The fraction of sp³-hybridized carbons (Fsp3) is 0.0455. The quantitative estimate of drug-likeness (QED) is 0.702. The Kier molecular flexibility index (Phi) is 4.68. The second kappa shape index (κ2) is 7.18. The number of carbonyl (C=O) groups is 1. The lowest BCUT2D eigenvalue weighted by Gasteiger charge is -2.27. The molecule has 1 amide bonds. The molecule has 0 bridgehead atoms. The minimum absolute atomic E-state index is 0.0313. The lowest BCUT2D eigenvalue weighted by atomic mass is 10.1. The average molecular weight is 409 g/mol. The van der Waals surface area contributed by atoms with Gasteiger partial charge in [-0.15, -0.1) is 0 Å². The van der Waals surface area contributed by atoms with Gasteiger partial charge in [0, 0.05) is 5.69 Å². The zero-order chi connectivity index (χ0) is 20.6. The number of halogens is 1. The summed E-state index contributed by atoms with van der Waals surface area (Å²) >= 11 is 0. The third kappa shape index (κ3) is 3.19. The SMILES string of the molecule is O=C1C(O)=C(S(=O)(=O)c2ccccc2)[C@H](c2ccccc2)N1c1ccc(F)cc1. The zero-order valence-electron chi connectivity index (χ0n) is 15.1. The minimum atomic E-state index is -4.17. The van der Waals surface area contributed by atoms with E-state index in [4.69, 9.17) is 0 Å². The molecule has 0 saturated carbocycles. The van der Waals surface area contributed by atoms with Crippen molar-refractivity contribution in [1.82, 2.24) is 0 Å². The highest BCUT2D eigenvalue weighted by molar-refractivity contribution is 7.95. The van der Waals surface area contributed by atoms with Crippen molar-refractivity contribution in [1.29, 1.82) is 0 Å². The summed E-state index contributed by atoms with van der Waals surface area (Å²) in [5.41, 5.74) is 0.777. The summed E-state index contributed by atoms with van der Waals surface area (Å²) in [7, 11) is -4.17. The molecule has 0 saturated heterocycles. The molecule has 0 aliphatic carbocycles. The van der Waals surface area contributed by atoms with Gasteiger partial charge in [-0.1, -0.05) is 48.5 Å². The van der Waals surface area contributed by atoms with Crippen LogP contribution in [0.2, 0.25) is 0 Å². The molecule has 4 rings (SSSR count). The molecule has 0 aromatic heterocycles. The van der Waals surface area contributed by atoms with Crippen LogP contribution in [0.5, 0.6) is 0 Å². The molecule has 1 atom stereocenters. The topological polar surface area (TPSA) is 74.7 Å². The van der Waals surface area contributed by atoms with Crippen LogP contribution in [0.25, 0.3) is 0 Å². The van der Waals surface area contributed by atoms with Crippen LogP contribution in [-0.4, -0.2) is 19.4 Å². The summed E-state index contributed by atoms with van der Waals surface area (Å²) in [6.45, 7) is 0. The monoisotopic (exact) mass is 409 g/mol. The Bertz CT molecular complexity index is 1190. The van der Waals surface area contributed by atoms with Gasteiger partial charge >= 0.3 is 0 Å². The Morgan fingerprint density at radius 1 is 0.828 bits per heavy atom. The second-order valence-corrected chi connectivity index (χ2v) is 8.41. The Balaban J connectivity index is 1.94. The summed E-state index contributed by atoms with van der Waals surface area (Å²) in [5.74, 6) is -2.20. The van der Waals surface area contributed by atoms with Crippen LogP contribution in [0.3, 0.4) is 0 Å². The van der Waals surface area contributed by atoms with Gasteiger partial charge < -0.3 is 5.11 Å². The Labute approximate surface area is 167 Å². The molecule has 7 heteroatoms. The van der Waals surface area contributed by atoms with E-state index in [0.29, 0.717) is 5.56 Å². The molecule has 3 aromatic carbocycles. The molecule has 1 aliphatic heterocycles. The van der Waals surface area contributed by atoms with Crippen molar-refractivity contribution >= 4 is 21.4 Å². The lowest BCUT2D eigenvalue weighted by molar-refractivity contribution is -0.117. The van der Waals surface area contributed by atoms with Crippen molar-refractivity contribution in [3.63, 3.8) is 0 Å². The standard InChI is InChI=1S/C22H16FNO4S/c23-16-11-13-17(14-12-16)24-19(15-7-3-1-4-8-15)21(20(25)22(24)26)29(27,28)18-9-5-2-6-10-18/h1-14,19,25H/t19-/m0/s1. The number of amides is 1. The molecule has 1 N–H and O–H groups in total. The first kappa shape index (κ1) is 18.9. The molecule has 1 aliphatic rings. The number of rotatable bonds is 4. The maximum absolute atomic E-state index is 13.4. The van der Waals surface area contributed by atoms with Crippen molar-refractivity contribution in [2.75, 3.05) is 4.90 Å². The van der Waals surface area contributed by atoms with Crippen molar-refractivity contribution < 1.29 is 22.7 Å². The maximum Gasteiger partial charge on any atom is 0.295 e. The predicted molar refractivity (Wildman–Crippen MR) is 106 cm³/mol. The van der Waals surface area contributed by atoms with Gasteiger partial charge in [-0.05, 0) is 42.0 Å². The van der Waals surface area contributed by atoms with Gasteiger partial charge in [-0.2, -0.15) is 0 Å². The van der Waals surface area contributed by atoms with Crippen LogP contribution in [0.15, 0.2) is 100 Å². The molecule has 1 heterocycles. The van der Waals surface area contributed by atoms with Crippen molar-refractivity contribution in [3.8, 4) is 0 Å². The maximum atomic E-state index is 13.4. The third-order valence-corrected chi connectivity index (χ3v) is 6.61. The van der Waals surface area contributed by atoms with E-state index in [1.165, 1.54) is 41.3 Å². The lowest BCUT2D eigenvalue weighted by Crippen LogP contribution is -2.31. The summed E-state index contributed by atoms with van der Waals surface area (Å²) in [6.07, 6.45) is 0. The van der Waals surface area contributed by atoms with E-state index >= 15 is 0 Å². The van der Waals surface area contributed by atoms with Crippen LogP contribution in [0.4, 0.5) is 10.1 Å². The first-order valence-corrected chi connectivity index (χ1v) is 10.3. The fourth-order valence-electron chi connectivity index (χ4n) is 3.39. The number of anilines is 1. The van der Waals surface area contributed by atoms with E-state index < -0.39 is 38.3 Å². The smallest absolute Gasteiger partial charge is 0.295 e. The van der Waals surface area contributed by atoms with Crippen LogP contribution in [0, 0.1) is 5.82 Å². The van der Waals surface area contributed by atoms with Gasteiger partial charge in [0.2, 0.25) is 9.84 Å². The molecular formula is C22H16FNO4S. The molecule has 0 unspecified atom stereocenters. The van der Waals surface area contributed by atoms with Crippen molar-refractivity contribution in [3.05, 3.63) is 107 Å². The van der Waals surface area contributed by atoms with Crippen LogP contribution >= 0.6 is 0 Å². The second-order valence-electron chi connectivity index (χ2n) is 6.49. The highest BCUT2D eigenvalue weighted by atomic mass is 32.2. The van der Waals surface area contributed by atoms with Gasteiger partial charge in [0.1, 0.15) is 16.8 Å². The van der Waals surface area contributed by atoms with Gasteiger partial charge in [-0.3, -0.25) is 9.69 Å². The summed E-state index contributed by atoms with van der Waals surface area (Å²) in [4.78, 5) is 13.7. The van der Waals surface area contributed by atoms with E-state index in [2.05, 4.69) is 0 Å². The van der Waals surface area contributed by atoms with Gasteiger partial charge in [0.25, 0.3) is 5.91 Å². The molecule has 5 nitrogen and oxygen atoms in total. The van der Waals surface area contributed by atoms with E-state index in [9.17, 15) is 22.7 Å². The molecule has 0 fully saturated rings. The molecule has 0 spiro atoms. The summed E-state index contributed by atoms with van der Waals surface area (Å²) in [6, 6.07) is 20.2. The number of carbonyl (C=O) groups excluding carboxylic acids is 1. The van der Waals surface area contributed by atoms with E-state index in [0.717, 1.165) is 0 Å². The number of nitrogens with zero attached hydrogens (tertiary/aromatic N) is 1. The minimum Gasteiger partial charge on any atom is -0.502 e. The number of hydrogen-bond acceptors (Lipinski definition) is 4. The predicted octanol–water partition coefficient (Wildman–Crippen LogP) is 4.16. The molecule has 0 radical (unpaired) electrons. The van der Waals surface area contributed by atoms with Crippen LogP contribution in [-0.2, 0) is 14.6 Å². The molecular weight excluding hydrogens is 393 g/mol. The van der Waals surface area contributed by atoms with Gasteiger partial charge in [0.05, 0.1) is 4.90 Å². The number of hydrogen-bond donors (Lipinski definition) is 1. The zero-order valence-corrected chi connectivity index (χ0v) is 15.9. The van der Waals surface area contributed by atoms with E-state index in [1.54, 1.807) is 48.5 Å². The van der Waals surface area contributed by atoms with E-state index in [-0.39, 0.29) is 10.6 Å². The number of sulfone groups is 1. The highest BCUT2D eigenvalue weighted by Gasteiger charge is 2.47. The Hall–Kier alpha value is -3.45. The average Bonchev–Trinajstić information content (AvgIpc) is 3.01. The van der Waals surface area contributed by atoms with E-state index in [1.807, 2.05) is 0 Å². The number of aliphatic hydroxyl groups is 1. The fourth-order valence-corrected chi connectivity index (χ4v) is 5.03.